The molecule has 104 valence electrons. The lowest BCUT2D eigenvalue weighted by molar-refractivity contribution is 0.0907. The van der Waals surface area contributed by atoms with E-state index in [1.54, 1.807) is 6.07 Å². The van der Waals surface area contributed by atoms with E-state index in [1.807, 2.05) is 13.8 Å². The number of pyridine rings is 1. The van der Waals surface area contributed by atoms with Crippen molar-refractivity contribution in [3.63, 3.8) is 0 Å². The topological polar surface area (TPSA) is 89.3 Å². The Hall–Kier alpha value is -1.66. The summed E-state index contributed by atoms with van der Waals surface area (Å²) in [5.74, 6) is 5.62. The third-order valence-corrected chi connectivity index (χ3v) is 3.50. The van der Waals surface area contributed by atoms with Gasteiger partial charge in [0.05, 0.1) is 17.4 Å². The second-order valence-corrected chi connectivity index (χ2v) is 4.85. The van der Waals surface area contributed by atoms with Crippen LogP contribution in [0, 0.1) is 12.8 Å². The van der Waals surface area contributed by atoms with Gasteiger partial charge in [-0.15, -0.1) is 0 Å². The van der Waals surface area contributed by atoms with Gasteiger partial charge in [0.15, 0.2) is 0 Å². The molecule has 1 aliphatic rings. The van der Waals surface area contributed by atoms with E-state index in [4.69, 9.17) is 10.6 Å². The van der Waals surface area contributed by atoms with Gasteiger partial charge in [0, 0.05) is 31.0 Å². The molecule has 1 aliphatic heterocycles. The molecule has 0 saturated carbocycles. The summed E-state index contributed by atoms with van der Waals surface area (Å²) >= 11 is 0. The van der Waals surface area contributed by atoms with Gasteiger partial charge < -0.3 is 15.5 Å². The van der Waals surface area contributed by atoms with Gasteiger partial charge in [0.2, 0.25) is 0 Å². The average Bonchev–Trinajstić information content (AvgIpc) is 2.81. The molecule has 1 fully saturated rings. The van der Waals surface area contributed by atoms with E-state index in [0.29, 0.717) is 23.7 Å². The van der Waals surface area contributed by atoms with Crippen LogP contribution in [0.4, 0.5) is 5.69 Å². The van der Waals surface area contributed by atoms with Crippen molar-refractivity contribution in [1.29, 1.82) is 0 Å². The molecule has 0 spiro atoms. The number of nitrogens with zero attached hydrogens (tertiary/aromatic N) is 1. The summed E-state index contributed by atoms with van der Waals surface area (Å²) in [6, 6.07) is 1.75. The van der Waals surface area contributed by atoms with Crippen molar-refractivity contribution in [2.24, 2.45) is 11.8 Å². The van der Waals surface area contributed by atoms with Crippen molar-refractivity contribution in [2.45, 2.75) is 26.4 Å². The Balaban J connectivity index is 1.99. The lowest BCUT2D eigenvalue weighted by atomic mass is 10.0. The summed E-state index contributed by atoms with van der Waals surface area (Å²) < 4.78 is 5.47. The molecule has 0 aromatic carbocycles. The lowest BCUT2D eigenvalue weighted by Crippen LogP contribution is -2.32. The fourth-order valence-corrected chi connectivity index (χ4v) is 2.22. The predicted octanol–water partition coefficient (Wildman–Crippen LogP) is 0.830. The van der Waals surface area contributed by atoms with E-state index in [0.717, 1.165) is 18.7 Å². The Morgan fingerprint density at radius 2 is 2.42 bits per heavy atom. The first kappa shape index (κ1) is 13.8. The highest BCUT2D eigenvalue weighted by Crippen LogP contribution is 2.20. The number of nitrogens with two attached hydrogens (primary N) is 1. The highest BCUT2D eigenvalue weighted by molar-refractivity contribution is 5.99. The molecule has 1 saturated heterocycles. The van der Waals surface area contributed by atoms with E-state index < -0.39 is 0 Å². The van der Waals surface area contributed by atoms with Crippen LogP contribution in [-0.2, 0) is 4.74 Å². The Morgan fingerprint density at radius 1 is 1.63 bits per heavy atom. The molecule has 2 heterocycles. The van der Waals surface area contributed by atoms with Crippen LogP contribution < -0.4 is 16.6 Å². The van der Waals surface area contributed by atoms with Crippen molar-refractivity contribution < 1.29 is 9.53 Å². The molecule has 6 nitrogen and oxygen atoms in total. The largest absolute Gasteiger partial charge is 0.378 e. The standard InChI is InChI=1S/C13H20N4O2/c1-8-5-12(17-14)11(7-15-8)13(18)16-6-10-3-4-19-9(10)2/h5,7,9-10H,3-4,6,14H2,1-2H3,(H,15,17)(H,16,18). The summed E-state index contributed by atoms with van der Waals surface area (Å²) in [7, 11) is 0. The van der Waals surface area contributed by atoms with Crippen molar-refractivity contribution >= 4 is 11.6 Å². The van der Waals surface area contributed by atoms with Gasteiger partial charge in [-0.25, -0.2) is 0 Å². The first-order valence-electron chi connectivity index (χ1n) is 6.45. The summed E-state index contributed by atoms with van der Waals surface area (Å²) in [4.78, 5) is 16.2. The number of nitrogen functional groups attached to an aromatic ring is 1. The highest BCUT2D eigenvalue weighted by atomic mass is 16.5. The SMILES string of the molecule is Cc1cc(NN)c(C(=O)NCC2CCOC2C)cn1. The van der Waals surface area contributed by atoms with Gasteiger partial charge in [-0.05, 0) is 26.3 Å². The summed E-state index contributed by atoms with van der Waals surface area (Å²) in [6.07, 6.45) is 2.72. The number of hydrazine groups is 1. The number of hydrogen-bond donors (Lipinski definition) is 3. The second-order valence-electron chi connectivity index (χ2n) is 4.85. The average molecular weight is 264 g/mol. The first-order valence-corrected chi connectivity index (χ1v) is 6.45. The number of aryl methyl sites for hydroxylation is 1. The molecule has 1 aromatic rings. The fourth-order valence-electron chi connectivity index (χ4n) is 2.22. The van der Waals surface area contributed by atoms with Gasteiger partial charge >= 0.3 is 0 Å². The molecule has 0 bridgehead atoms. The van der Waals surface area contributed by atoms with Crippen LogP contribution in [0.25, 0.3) is 0 Å². The molecule has 4 N–H and O–H groups in total. The number of carbonyl (C=O) groups is 1. The third-order valence-electron chi connectivity index (χ3n) is 3.50. The molecule has 1 amide bonds. The molecule has 19 heavy (non-hydrogen) atoms. The van der Waals surface area contributed by atoms with E-state index in [1.165, 1.54) is 6.20 Å². The zero-order valence-electron chi connectivity index (χ0n) is 11.3. The zero-order valence-corrected chi connectivity index (χ0v) is 11.3. The van der Waals surface area contributed by atoms with Crippen molar-refractivity contribution in [3.8, 4) is 0 Å². The summed E-state index contributed by atoms with van der Waals surface area (Å²) in [6.45, 7) is 5.26. The van der Waals surface area contributed by atoms with E-state index in [-0.39, 0.29) is 12.0 Å². The number of anilines is 1. The minimum absolute atomic E-state index is 0.167. The maximum Gasteiger partial charge on any atom is 0.255 e. The second kappa shape index (κ2) is 5.99. The Labute approximate surface area is 112 Å². The summed E-state index contributed by atoms with van der Waals surface area (Å²) in [5.41, 5.74) is 4.38. The molecular formula is C13H20N4O2. The van der Waals surface area contributed by atoms with Crippen molar-refractivity contribution in [1.82, 2.24) is 10.3 Å². The van der Waals surface area contributed by atoms with Gasteiger partial charge in [-0.2, -0.15) is 0 Å². The highest BCUT2D eigenvalue weighted by Gasteiger charge is 2.24. The molecule has 0 aliphatic carbocycles. The van der Waals surface area contributed by atoms with E-state index in [2.05, 4.69) is 15.7 Å². The number of rotatable bonds is 4. The lowest BCUT2D eigenvalue weighted by Gasteiger charge is -2.15. The van der Waals surface area contributed by atoms with Crippen molar-refractivity contribution in [2.75, 3.05) is 18.6 Å². The minimum Gasteiger partial charge on any atom is -0.378 e. The maximum atomic E-state index is 12.1. The van der Waals surface area contributed by atoms with Gasteiger partial charge in [0.25, 0.3) is 5.91 Å². The number of nitrogens with one attached hydrogen (secondary N) is 2. The molecule has 0 radical (unpaired) electrons. The van der Waals surface area contributed by atoms with Gasteiger partial charge in [-0.1, -0.05) is 0 Å². The number of hydrogen-bond acceptors (Lipinski definition) is 5. The first-order chi connectivity index (χ1) is 9.11. The summed E-state index contributed by atoms with van der Waals surface area (Å²) in [5, 5.41) is 2.91. The Kier molecular flexibility index (Phi) is 4.34. The fraction of sp³-hybridized carbons (Fsp3) is 0.538. The van der Waals surface area contributed by atoms with Crippen LogP contribution in [0.3, 0.4) is 0 Å². The number of carbonyl (C=O) groups excluding carboxylic acids is 1. The number of ether oxygens (including phenoxy) is 1. The predicted molar refractivity (Wildman–Crippen MR) is 72.6 cm³/mol. The van der Waals surface area contributed by atoms with Crippen LogP contribution >= 0.6 is 0 Å². The number of amides is 1. The quantitative estimate of drug-likeness (QED) is 0.553. The van der Waals surface area contributed by atoms with Crippen LogP contribution in [0.5, 0.6) is 0 Å². The molecular weight excluding hydrogens is 244 g/mol. The van der Waals surface area contributed by atoms with Crippen LogP contribution in [0.2, 0.25) is 0 Å². The van der Waals surface area contributed by atoms with Gasteiger partial charge in [-0.3, -0.25) is 15.6 Å². The molecule has 2 rings (SSSR count). The maximum absolute atomic E-state index is 12.1. The van der Waals surface area contributed by atoms with E-state index >= 15 is 0 Å². The molecule has 6 heteroatoms. The third kappa shape index (κ3) is 3.21. The number of aromatic nitrogens is 1. The van der Waals surface area contributed by atoms with Gasteiger partial charge in [0.1, 0.15) is 0 Å². The smallest absolute Gasteiger partial charge is 0.255 e. The Bertz CT molecular complexity index is 464. The zero-order chi connectivity index (χ0) is 13.8. The van der Waals surface area contributed by atoms with Crippen LogP contribution in [0.1, 0.15) is 29.4 Å². The molecule has 2 atom stereocenters. The van der Waals surface area contributed by atoms with Crippen LogP contribution in [0.15, 0.2) is 12.3 Å². The molecule has 2 unspecified atom stereocenters. The molecule has 1 aromatic heterocycles. The normalized spacial score (nSPS) is 22.3. The Morgan fingerprint density at radius 3 is 3.05 bits per heavy atom. The van der Waals surface area contributed by atoms with Crippen LogP contribution in [-0.4, -0.2) is 30.1 Å². The minimum atomic E-state index is -0.167. The van der Waals surface area contributed by atoms with E-state index in [9.17, 15) is 4.79 Å². The van der Waals surface area contributed by atoms with Crippen molar-refractivity contribution in [3.05, 3.63) is 23.5 Å². The monoisotopic (exact) mass is 264 g/mol.